The third-order valence-electron chi connectivity index (χ3n) is 4.83. The molecule has 128 valence electrons. The summed E-state index contributed by atoms with van der Waals surface area (Å²) in [7, 11) is 0. The highest BCUT2D eigenvalue weighted by Gasteiger charge is 2.48. The first-order valence-electron chi connectivity index (χ1n) is 8.31. The van der Waals surface area contributed by atoms with E-state index in [0.29, 0.717) is 31.3 Å². The van der Waals surface area contributed by atoms with Gasteiger partial charge in [0.25, 0.3) is 5.91 Å². The number of nitrogens with zero attached hydrogens (tertiary/aromatic N) is 5. The van der Waals surface area contributed by atoms with Crippen LogP contribution in [0.1, 0.15) is 11.3 Å². The van der Waals surface area contributed by atoms with Crippen LogP contribution >= 0.6 is 0 Å². The van der Waals surface area contributed by atoms with E-state index in [9.17, 15) is 9.59 Å². The van der Waals surface area contributed by atoms with Crippen molar-refractivity contribution in [3.63, 3.8) is 0 Å². The Balaban J connectivity index is 1.60. The molecule has 2 aliphatic heterocycles. The maximum absolute atomic E-state index is 12.8. The molecule has 2 aromatic rings. The molecule has 3 heterocycles. The zero-order chi connectivity index (χ0) is 17.6. The van der Waals surface area contributed by atoms with Crippen LogP contribution in [0.3, 0.4) is 0 Å². The highest BCUT2D eigenvalue weighted by molar-refractivity contribution is 6.21. The lowest BCUT2D eigenvalue weighted by Crippen LogP contribution is -2.53. The van der Waals surface area contributed by atoms with Gasteiger partial charge in [0.05, 0.1) is 12.2 Å². The first kappa shape index (κ1) is 15.6. The van der Waals surface area contributed by atoms with Gasteiger partial charge in [0.15, 0.2) is 0 Å². The number of carbonyl (C=O) groups excluding carboxylic acids is 2. The molecule has 4 rings (SSSR count). The molecule has 0 aliphatic carbocycles. The fourth-order valence-corrected chi connectivity index (χ4v) is 3.26. The van der Waals surface area contributed by atoms with E-state index in [4.69, 9.17) is 0 Å². The van der Waals surface area contributed by atoms with Gasteiger partial charge in [0, 0.05) is 25.0 Å². The Labute approximate surface area is 145 Å². The summed E-state index contributed by atoms with van der Waals surface area (Å²) in [5.74, 6) is 0.422. The summed E-state index contributed by atoms with van der Waals surface area (Å²) in [4.78, 5) is 39.3. The van der Waals surface area contributed by atoms with E-state index in [1.54, 1.807) is 23.2 Å². The molecule has 0 spiro atoms. The number of rotatable bonds is 2. The summed E-state index contributed by atoms with van der Waals surface area (Å²) in [5, 5.41) is 0. The number of anilines is 2. The van der Waals surface area contributed by atoms with Crippen LogP contribution in [0.5, 0.6) is 0 Å². The first-order chi connectivity index (χ1) is 12.1. The molecule has 0 radical (unpaired) electrons. The van der Waals surface area contributed by atoms with Gasteiger partial charge in [0.2, 0.25) is 5.95 Å². The van der Waals surface area contributed by atoms with Gasteiger partial charge >= 0.3 is 6.03 Å². The molecule has 0 N–H and O–H groups in total. The van der Waals surface area contributed by atoms with Crippen molar-refractivity contribution in [2.75, 3.05) is 29.4 Å². The standard InChI is InChI=1S/C18H19N5O2/c1-12-10-19-17(20-13(12)2)21-8-9-22-15(11-21)16(24)23(18(22)25)14-6-4-3-5-7-14/h3-7,10,15H,8-9,11H2,1-2H3. The van der Waals surface area contributed by atoms with Crippen molar-refractivity contribution in [1.29, 1.82) is 0 Å². The van der Waals surface area contributed by atoms with Crippen LogP contribution in [-0.4, -0.2) is 52.5 Å². The summed E-state index contributed by atoms with van der Waals surface area (Å²) in [6.07, 6.45) is 1.79. The number of piperazine rings is 1. The molecule has 7 heteroatoms. The lowest BCUT2D eigenvalue weighted by molar-refractivity contribution is -0.119. The van der Waals surface area contributed by atoms with E-state index in [2.05, 4.69) is 9.97 Å². The van der Waals surface area contributed by atoms with E-state index >= 15 is 0 Å². The number of aryl methyl sites for hydroxylation is 2. The maximum atomic E-state index is 12.8. The third-order valence-corrected chi connectivity index (χ3v) is 4.83. The number of urea groups is 1. The highest BCUT2D eigenvalue weighted by Crippen LogP contribution is 2.28. The van der Waals surface area contributed by atoms with Crippen molar-refractivity contribution >= 4 is 23.6 Å². The zero-order valence-corrected chi connectivity index (χ0v) is 14.2. The van der Waals surface area contributed by atoms with Crippen molar-refractivity contribution in [1.82, 2.24) is 14.9 Å². The predicted molar refractivity (Wildman–Crippen MR) is 93.5 cm³/mol. The molecule has 0 saturated carbocycles. The molecule has 2 aliphatic rings. The summed E-state index contributed by atoms with van der Waals surface area (Å²) >= 11 is 0. The van der Waals surface area contributed by atoms with Gasteiger partial charge in [0.1, 0.15) is 6.04 Å². The molecule has 1 aromatic heterocycles. The molecule has 1 unspecified atom stereocenters. The van der Waals surface area contributed by atoms with E-state index in [1.165, 1.54) is 4.90 Å². The maximum Gasteiger partial charge on any atom is 0.332 e. The lowest BCUT2D eigenvalue weighted by Gasteiger charge is -2.35. The van der Waals surface area contributed by atoms with E-state index in [-0.39, 0.29) is 11.9 Å². The average molecular weight is 337 g/mol. The summed E-state index contributed by atoms with van der Waals surface area (Å²) in [6.45, 7) is 5.41. The van der Waals surface area contributed by atoms with Crippen LogP contribution in [0.15, 0.2) is 36.5 Å². The Morgan fingerprint density at radius 3 is 2.56 bits per heavy atom. The Bertz CT molecular complexity index is 839. The minimum atomic E-state index is -0.494. The molecule has 1 aromatic carbocycles. The number of fused-ring (bicyclic) bond motifs is 1. The SMILES string of the molecule is Cc1cnc(N2CCN3C(=O)N(c4ccccc4)C(=O)C3C2)nc1C. The smallest absolute Gasteiger partial charge is 0.332 e. The number of para-hydroxylation sites is 1. The summed E-state index contributed by atoms with van der Waals surface area (Å²) in [6, 6.07) is 8.32. The first-order valence-corrected chi connectivity index (χ1v) is 8.31. The second kappa shape index (κ2) is 5.84. The molecular weight excluding hydrogens is 318 g/mol. The molecule has 3 amide bonds. The fraction of sp³-hybridized carbons (Fsp3) is 0.333. The van der Waals surface area contributed by atoms with Gasteiger partial charge in [-0.25, -0.2) is 19.7 Å². The second-order valence-corrected chi connectivity index (χ2v) is 6.39. The molecule has 2 fully saturated rings. The molecule has 2 saturated heterocycles. The number of aromatic nitrogens is 2. The van der Waals surface area contributed by atoms with Crippen LogP contribution in [0.25, 0.3) is 0 Å². The molecule has 1 atom stereocenters. The average Bonchev–Trinajstić information content (AvgIpc) is 2.88. The normalized spacial score (nSPS) is 20.2. The van der Waals surface area contributed by atoms with Gasteiger partial charge < -0.3 is 9.80 Å². The number of hydrogen-bond acceptors (Lipinski definition) is 5. The van der Waals surface area contributed by atoms with E-state index in [0.717, 1.165) is 11.3 Å². The number of benzene rings is 1. The van der Waals surface area contributed by atoms with Gasteiger partial charge in [-0.2, -0.15) is 0 Å². The van der Waals surface area contributed by atoms with Crippen LogP contribution in [-0.2, 0) is 4.79 Å². The van der Waals surface area contributed by atoms with Crippen molar-refractivity contribution in [2.45, 2.75) is 19.9 Å². The van der Waals surface area contributed by atoms with Crippen molar-refractivity contribution < 1.29 is 9.59 Å². The predicted octanol–water partition coefficient (Wildman–Crippen LogP) is 1.75. The van der Waals surface area contributed by atoms with Gasteiger partial charge in [-0.05, 0) is 31.5 Å². The monoisotopic (exact) mass is 337 g/mol. The van der Waals surface area contributed by atoms with Gasteiger partial charge in [-0.3, -0.25) is 4.79 Å². The highest BCUT2D eigenvalue weighted by atomic mass is 16.2. The van der Waals surface area contributed by atoms with Crippen molar-refractivity contribution in [3.8, 4) is 0 Å². The summed E-state index contributed by atoms with van der Waals surface area (Å²) in [5.41, 5.74) is 2.57. The van der Waals surface area contributed by atoms with Gasteiger partial charge in [-0.15, -0.1) is 0 Å². The van der Waals surface area contributed by atoms with E-state index < -0.39 is 6.04 Å². The van der Waals surface area contributed by atoms with Crippen LogP contribution < -0.4 is 9.80 Å². The van der Waals surface area contributed by atoms with Crippen LogP contribution in [0, 0.1) is 13.8 Å². The van der Waals surface area contributed by atoms with Crippen molar-refractivity contribution in [2.24, 2.45) is 0 Å². The molecular formula is C18H19N5O2. The number of carbonyl (C=O) groups is 2. The Morgan fingerprint density at radius 1 is 1.08 bits per heavy atom. The quantitative estimate of drug-likeness (QED) is 0.781. The van der Waals surface area contributed by atoms with Crippen LogP contribution in [0.2, 0.25) is 0 Å². The zero-order valence-electron chi connectivity index (χ0n) is 14.2. The minimum absolute atomic E-state index is 0.190. The number of imide groups is 1. The third kappa shape index (κ3) is 2.52. The van der Waals surface area contributed by atoms with Crippen LogP contribution in [0.4, 0.5) is 16.4 Å². The summed E-state index contributed by atoms with van der Waals surface area (Å²) < 4.78 is 0. The topological polar surface area (TPSA) is 69.6 Å². The molecule has 7 nitrogen and oxygen atoms in total. The Morgan fingerprint density at radius 2 is 1.84 bits per heavy atom. The fourth-order valence-electron chi connectivity index (χ4n) is 3.26. The Kier molecular flexibility index (Phi) is 3.63. The number of amides is 3. The largest absolute Gasteiger partial charge is 0.336 e. The lowest BCUT2D eigenvalue weighted by atomic mass is 10.2. The number of hydrogen-bond donors (Lipinski definition) is 0. The second-order valence-electron chi connectivity index (χ2n) is 6.39. The minimum Gasteiger partial charge on any atom is -0.336 e. The molecule has 0 bridgehead atoms. The Hall–Kier alpha value is -2.96. The van der Waals surface area contributed by atoms with Gasteiger partial charge in [-0.1, -0.05) is 18.2 Å². The molecule has 25 heavy (non-hydrogen) atoms. The van der Waals surface area contributed by atoms with Crippen molar-refractivity contribution in [3.05, 3.63) is 47.8 Å². The van der Waals surface area contributed by atoms with E-state index in [1.807, 2.05) is 36.9 Å².